The summed E-state index contributed by atoms with van der Waals surface area (Å²) in [4.78, 5) is 0.756. The second kappa shape index (κ2) is 7.00. The molecule has 0 bridgehead atoms. The highest BCUT2D eigenvalue weighted by Gasteiger charge is 2.12. The van der Waals surface area contributed by atoms with E-state index in [-0.39, 0.29) is 0 Å². The maximum absolute atomic E-state index is 5.82. The van der Waals surface area contributed by atoms with Crippen molar-refractivity contribution in [3.8, 4) is 16.3 Å². The van der Waals surface area contributed by atoms with Crippen molar-refractivity contribution in [2.75, 3.05) is 7.11 Å². The Bertz CT molecular complexity index is 964. The topological polar surface area (TPSA) is 61.5 Å². The minimum Gasteiger partial charge on any atom is -0.489 e. The zero-order valence-corrected chi connectivity index (χ0v) is 14.4. The first-order chi connectivity index (χ1) is 12.3. The van der Waals surface area contributed by atoms with Crippen LogP contribution in [0.1, 0.15) is 11.4 Å². The number of hydrogen-bond donors (Lipinski definition) is 0. The molecule has 0 atom stereocenters. The second-order valence-electron chi connectivity index (χ2n) is 5.45. The fourth-order valence-corrected chi connectivity index (χ4v) is 3.29. The van der Waals surface area contributed by atoms with Gasteiger partial charge in [-0.25, -0.2) is 0 Å². The Morgan fingerprint density at radius 1 is 0.960 bits per heavy atom. The van der Waals surface area contributed by atoms with Gasteiger partial charge in [-0.1, -0.05) is 41.7 Å². The predicted molar refractivity (Wildman–Crippen MR) is 95.6 cm³/mol. The van der Waals surface area contributed by atoms with Gasteiger partial charge < -0.3 is 9.47 Å². The molecular formula is C18H16N4O2S. The normalized spacial score (nSPS) is 11.1. The zero-order valence-electron chi connectivity index (χ0n) is 13.6. The molecule has 2 heterocycles. The summed E-state index contributed by atoms with van der Waals surface area (Å²) in [6.07, 6.45) is 0. The molecule has 25 heavy (non-hydrogen) atoms. The van der Waals surface area contributed by atoms with Crippen LogP contribution in [0, 0.1) is 0 Å². The first kappa shape index (κ1) is 15.7. The lowest BCUT2D eigenvalue weighted by molar-refractivity contribution is 0.176. The number of aromatic nitrogens is 4. The maximum Gasteiger partial charge on any atom is 0.235 e. The summed E-state index contributed by atoms with van der Waals surface area (Å²) in [6, 6.07) is 18.0. The quantitative estimate of drug-likeness (QED) is 0.531. The van der Waals surface area contributed by atoms with E-state index in [1.165, 1.54) is 11.3 Å². The molecule has 0 saturated heterocycles. The summed E-state index contributed by atoms with van der Waals surface area (Å²) in [5.74, 6) is 1.53. The van der Waals surface area contributed by atoms with Gasteiger partial charge in [0.05, 0.1) is 0 Å². The lowest BCUT2D eigenvalue weighted by atomic mass is 10.2. The summed E-state index contributed by atoms with van der Waals surface area (Å²) in [5, 5.41) is 13.7. The van der Waals surface area contributed by atoms with Gasteiger partial charge in [0.2, 0.25) is 4.96 Å². The van der Waals surface area contributed by atoms with Gasteiger partial charge >= 0.3 is 0 Å². The molecule has 7 heteroatoms. The maximum atomic E-state index is 5.82. The van der Waals surface area contributed by atoms with Crippen LogP contribution in [0.15, 0.2) is 54.6 Å². The first-order valence-corrected chi connectivity index (χ1v) is 8.62. The number of nitrogens with zero attached hydrogens (tertiary/aromatic N) is 4. The van der Waals surface area contributed by atoms with E-state index in [9.17, 15) is 0 Å². The van der Waals surface area contributed by atoms with Crippen LogP contribution in [0.5, 0.6) is 5.75 Å². The second-order valence-corrected chi connectivity index (χ2v) is 6.41. The van der Waals surface area contributed by atoms with Gasteiger partial charge in [-0.3, -0.25) is 0 Å². The summed E-state index contributed by atoms with van der Waals surface area (Å²) in [6.45, 7) is 0.938. The molecule has 0 unspecified atom stereocenters. The molecule has 0 aliphatic carbocycles. The number of benzene rings is 2. The average Bonchev–Trinajstić information content (AvgIpc) is 3.24. The van der Waals surface area contributed by atoms with Crippen LogP contribution in [-0.2, 0) is 18.0 Å². The van der Waals surface area contributed by atoms with E-state index in [1.54, 1.807) is 11.6 Å². The fourth-order valence-electron chi connectivity index (χ4n) is 2.43. The minimum absolute atomic E-state index is 0.386. The molecule has 0 fully saturated rings. The van der Waals surface area contributed by atoms with E-state index < -0.39 is 0 Å². The summed E-state index contributed by atoms with van der Waals surface area (Å²) < 4.78 is 12.7. The number of hydrogen-bond acceptors (Lipinski definition) is 6. The van der Waals surface area contributed by atoms with Gasteiger partial charge in [-0.05, 0) is 29.8 Å². The van der Waals surface area contributed by atoms with Crippen molar-refractivity contribution in [1.82, 2.24) is 19.8 Å². The third-order valence-corrected chi connectivity index (χ3v) is 4.63. The lowest BCUT2D eigenvalue weighted by Gasteiger charge is -2.06. The van der Waals surface area contributed by atoms with Gasteiger partial charge in [0, 0.05) is 12.7 Å². The highest BCUT2D eigenvalue weighted by molar-refractivity contribution is 7.19. The molecule has 0 saturated carbocycles. The molecule has 0 aliphatic heterocycles. The van der Waals surface area contributed by atoms with Crippen LogP contribution in [-0.4, -0.2) is 26.9 Å². The van der Waals surface area contributed by atoms with Crippen molar-refractivity contribution >= 4 is 16.3 Å². The monoisotopic (exact) mass is 352 g/mol. The van der Waals surface area contributed by atoms with E-state index in [0.29, 0.717) is 19.0 Å². The van der Waals surface area contributed by atoms with Gasteiger partial charge in [0.25, 0.3) is 0 Å². The number of methoxy groups -OCH3 is 1. The van der Waals surface area contributed by atoms with Gasteiger partial charge in [-0.15, -0.1) is 10.2 Å². The van der Waals surface area contributed by atoms with Crippen molar-refractivity contribution in [1.29, 1.82) is 0 Å². The molecule has 6 nitrogen and oxygen atoms in total. The Morgan fingerprint density at radius 2 is 1.76 bits per heavy atom. The highest BCUT2D eigenvalue weighted by Crippen LogP contribution is 2.27. The van der Waals surface area contributed by atoms with E-state index in [2.05, 4.69) is 15.3 Å². The van der Waals surface area contributed by atoms with Gasteiger partial charge in [0.1, 0.15) is 24.0 Å². The van der Waals surface area contributed by atoms with Gasteiger partial charge in [0.15, 0.2) is 5.82 Å². The third-order valence-electron chi connectivity index (χ3n) is 3.68. The fraction of sp³-hybridized carbons (Fsp3) is 0.167. The van der Waals surface area contributed by atoms with Crippen LogP contribution in [0.2, 0.25) is 0 Å². The Hall–Kier alpha value is -2.77. The van der Waals surface area contributed by atoms with Gasteiger partial charge in [-0.2, -0.15) is 9.61 Å². The molecule has 4 aromatic rings. The van der Waals surface area contributed by atoms with Crippen molar-refractivity contribution in [2.24, 2.45) is 0 Å². The third kappa shape index (κ3) is 3.38. The predicted octanol–water partition coefficient (Wildman–Crippen LogP) is 3.58. The summed E-state index contributed by atoms with van der Waals surface area (Å²) in [7, 11) is 1.63. The van der Waals surface area contributed by atoms with Crippen LogP contribution < -0.4 is 4.74 Å². The lowest BCUT2D eigenvalue weighted by Crippen LogP contribution is -1.97. The molecule has 0 spiro atoms. The van der Waals surface area contributed by atoms with E-state index in [0.717, 1.165) is 26.8 Å². The van der Waals surface area contributed by atoms with E-state index in [4.69, 9.17) is 9.47 Å². The molecule has 0 N–H and O–H groups in total. The molecule has 0 radical (unpaired) electrons. The van der Waals surface area contributed by atoms with Crippen LogP contribution in [0.25, 0.3) is 15.5 Å². The van der Waals surface area contributed by atoms with E-state index >= 15 is 0 Å². The molecule has 0 amide bonds. The van der Waals surface area contributed by atoms with Crippen LogP contribution in [0.4, 0.5) is 0 Å². The van der Waals surface area contributed by atoms with Crippen molar-refractivity contribution in [3.05, 3.63) is 66.0 Å². The van der Waals surface area contributed by atoms with Crippen molar-refractivity contribution in [3.63, 3.8) is 0 Å². The molecule has 126 valence electrons. The first-order valence-electron chi connectivity index (χ1n) is 7.81. The standard InChI is InChI=1S/C18H16N4O2S/c1-23-12-16-19-20-18-22(16)21-17(25-18)14-7-9-15(10-8-14)24-11-13-5-3-2-4-6-13/h2-10H,11-12H2,1H3. The minimum atomic E-state index is 0.386. The molecule has 4 rings (SSSR count). The molecule has 2 aromatic carbocycles. The highest BCUT2D eigenvalue weighted by atomic mass is 32.1. The smallest absolute Gasteiger partial charge is 0.235 e. The Labute approximate surface area is 148 Å². The molecule has 0 aliphatic rings. The van der Waals surface area contributed by atoms with Crippen molar-refractivity contribution in [2.45, 2.75) is 13.2 Å². The van der Waals surface area contributed by atoms with Crippen molar-refractivity contribution < 1.29 is 9.47 Å². The Kier molecular flexibility index (Phi) is 4.41. The largest absolute Gasteiger partial charge is 0.489 e. The Balaban J connectivity index is 1.50. The summed E-state index contributed by atoms with van der Waals surface area (Å²) >= 11 is 1.50. The molecular weight excluding hydrogens is 336 g/mol. The zero-order chi connectivity index (χ0) is 17.1. The average molecular weight is 352 g/mol. The Morgan fingerprint density at radius 3 is 2.52 bits per heavy atom. The molecule has 2 aromatic heterocycles. The number of rotatable bonds is 6. The van der Waals surface area contributed by atoms with E-state index in [1.807, 2.05) is 54.6 Å². The number of ether oxygens (including phenoxy) is 2. The SMILES string of the molecule is COCc1nnc2sc(-c3ccc(OCc4ccccc4)cc3)nn12. The van der Waals surface area contributed by atoms with Crippen LogP contribution in [0.3, 0.4) is 0 Å². The van der Waals surface area contributed by atoms with Crippen LogP contribution >= 0.6 is 11.3 Å². The number of fused-ring (bicyclic) bond motifs is 1. The summed E-state index contributed by atoms with van der Waals surface area (Å²) in [5.41, 5.74) is 2.16.